The largest absolute Gasteiger partial charge is 0.488 e. The molecule has 0 radical (unpaired) electrons. The predicted octanol–water partition coefficient (Wildman–Crippen LogP) is 6.88. The maximum atomic E-state index is 11.9. The van der Waals surface area contributed by atoms with Crippen molar-refractivity contribution in [2.75, 3.05) is 0 Å². The summed E-state index contributed by atoms with van der Waals surface area (Å²) < 4.78 is 12.4. The molecule has 0 aromatic heterocycles. The fraction of sp³-hybridized carbons (Fsp3) is 0.500. The van der Waals surface area contributed by atoms with Gasteiger partial charge in [-0.15, -0.1) is 0 Å². The van der Waals surface area contributed by atoms with E-state index in [9.17, 15) is 4.79 Å². The van der Waals surface area contributed by atoms with E-state index in [2.05, 4.69) is 53.7 Å². The van der Waals surface area contributed by atoms with Crippen molar-refractivity contribution in [3.63, 3.8) is 0 Å². The molecule has 1 aliphatic rings. The van der Waals surface area contributed by atoms with Crippen molar-refractivity contribution < 1.29 is 14.3 Å². The summed E-state index contributed by atoms with van der Waals surface area (Å²) in [5.41, 5.74) is 3.28. The third kappa shape index (κ3) is 3.92. The topological polar surface area (TPSA) is 35.5 Å². The molecule has 2 aromatic rings. The molecule has 0 spiro atoms. The summed E-state index contributed by atoms with van der Waals surface area (Å²) in [6.45, 7) is 14.7. The van der Waals surface area contributed by atoms with Crippen molar-refractivity contribution in [1.29, 1.82) is 0 Å². The molecule has 3 nitrogen and oxygen atoms in total. The molecular formula is C26H34O3. The lowest BCUT2D eigenvalue weighted by Crippen LogP contribution is -2.34. The summed E-state index contributed by atoms with van der Waals surface area (Å²) in [6, 6.07) is 8.07. The first-order valence-corrected chi connectivity index (χ1v) is 10.8. The maximum absolute atomic E-state index is 11.9. The molecule has 29 heavy (non-hydrogen) atoms. The van der Waals surface area contributed by atoms with Crippen molar-refractivity contribution in [3.05, 3.63) is 47.0 Å². The molecule has 0 saturated heterocycles. The van der Waals surface area contributed by atoms with Gasteiger partial charge >= 0.3 is 5.97 Å². The van der Waals surface area contributed by atoms with E-state index in [4.69, 9.17) is 9.47 Å². The van der Waals surface area contributed by atoms with E-state index in [-0.39, 0.29) is 17.5 Å². The van der Waals surface area contributed by atoms with Gasteiger partial charge in [-0.25, -0.2) is 0 Å². The summed E-state index contributed by atoms with van der Waals surface area (Å²) in [7, 11) is 0. The molecule has 0 saturated carbocycles. The van der Waals surface area contributed by atoms with Gasteiger partial charge in [0.05, 0.1) is 5.41 Å². The van der Waals surface area contributed by atoms with E-state index < -0.39 is 0 Å². The Hall–Kier alpha value is -2.29. The van der Waals surface area contributed by atoms with E-state index in [0.29, 0.717) is 11.7 Å². The Bertz CT molecular complexity index is 954. The van der Waals surface area contributed by atoms with Gasteiger partial charge in [0, 0.05) is 28.8 Å². The highest BCUT2D eigenvalue weighted by molar-refractivity contribution is 5.98. The van der Waals surface area contributed by atoms with E-state index in [1.54, 1.807) is 0 Å². The Labute approximate surface area is 175 Å². The van der Waals surface area contributed by atoms with Gasteiger partial charge in [0.2, 0.25) is 0 Å². The van der Waals surface area contributed by atoms with E-state index >= 15 is 0 Å². The molecule has 156 valence electrons. The van der Waals surface area contributed by atoms with Crippen LogP contribution < -0.4 is 9.47 Å². The minimum absolute atomic E-state index is 0.0688. The van der Waals surface area contributed by atoms with Gasteiger partial charge in [0.25, 0.3) is 0 Å². The minimum Gasteiger partial charge on any atom is -0.488 e. The number of hydrogen-bond acceptors (Lipinski definition) is 3. The molecular weight excluding hydrogens is 360 g/mol. The molecule has 0 bridgehead atoms. The van der Waals surface area contributed by atoms with Gasteiger partial charge in [-0.05, 0) is 39.5 Å². The second kappa shape index (κ2) is 8.22. The van der Waals surface area contributed by atoms with Crippen molar-refractivity contribution in [3.8, 4) is 11.5 Å². The van der Waals surface area contributed by atoms with Crippen LogP contribution in [-0.4, -0.2) is 12.1 Å². The maximum Gasteiger partial charge on any atom is 0.308 e. The fourth-order valence-corrected chi connectivity index (χ4v) is 4.97. The van der Waals surface area contributed by atoms with E-state index in [1.165, 1.54) is 12.5 Å². The smallest absolute Gasteiger partial charge is 0.308 e. The third-order valence-electron chi connectivity index (χ3n) is 5.90. The van der Waals surface area contributed by atoms with Gasteiger partial charge in [-0.2, -0.15) is 0 Å². The van der Waals surface area contributed by atoms with Gasteiger partial charge in [-0.1, -0.05) is 63.1 Å². The highest BCUT2D eigenvalue weighted by Gasteiger charge is 2.46. The fourth-order valence-electron chi connectivity index (χ4n) is 4.97. The molecule has 2 aromatic carbocycles. The Morgan fingerprint density at radius 1 is 1.24 bits per heavy atom. The lowest BCUT2D eigenvalue weighted by Gasteiger charge is -2.29. The molecule has 0 aliphatic carbocycles. The first kappa shape index (κ1) is 21.4. The second-order valence-electron chi connectivity index (χ2n) is 9.06. The predicted molar refractivity (Wildman–Crippen MR) is 120 cm³/mol. The Balaban J connectivity index is 2.31. The third-order valence-corrected chi connectivity index (χ3v) is 5.90. The zero-order valence-corrected chi connectivity index (χ0v) is 18.9. The highest BCUT2D eigenvalue weighted by Crippen LogP contribution is 2.54. The highest BCUT2D eigenvalue weighted by atomic mass is 16.5. The Kier molecular flexibility index (Phi) is 6.07. The SMILES string of the molecule is CCCC1Oc2c(c(C)c(OC(C)=O)c3ccccc23)C1(C)/C=C(\C)CC(C)C. The number of esters is 1. The molecule has 1 aliphatic heterocycles. The lowest BCUT2D eigenvalue weighted by molar-refractivity contribution is -0.131. The average Bonchev–Trinajstić information content (AvgIpc) is 2.90. The van der Waals surface area contributed by atoms with E-state index in [1.807, 2.05) is 18.2 Å². The lowest BCUT2D eigenvalue weighted by atomic mass is 9.73. The number of rotatable bonds is 6. The zero-order chi connectivity index (χ0) is 21.3. The zero-order valence-electron chi connectivity index (χ0n) is 18.9. The number of fused-ring (bicyclic) bond motifs is 3. The van der Waals surface area contributed by atoms with Crippen LogP contribution in [0.1, 0.15) is 71.9 Å². The van der Waals surface area contributed by atoms with Crippen LogP contribution in [0.3, 0.4) is 0 Å². The van der Waals surface area contributed by atoms with Crippen LogP contribution in [-0.2, 0) is 10.2 Å². The molecule has 0 amide bonds. The van der Waals surface area contributed by atoms with Crippen LogP contribution in [0.4, 0.5) is 0 Å². The molecule has 0 N–H and O–H groups in total. The monoisotopic (exact) mass is 394 g/mol. The summed E-state index contributed by atoms with van der Waals surface area (Å²) in [5.74, 6) is 1.92. The standard InChI is InChI=1S/C26H34O3/c1-8-11-22-26(7,15-17(4)14-16(2)3)23-18(5)24(28-19(6)27)20-12-9-10-13-21(20)25(23)29-22/h9-10,12-13,15-16,22H,8,11,14H2,1-7H3/b17-15+. The minimum atomic E-state index is -0.296. The molecule has 2 unspecified atom stereocenters. The number of carbonyl (C=O) groups excluding carboxylic acids is 1. The van der Waals surface area contributed by atoms with Crippen LogP contribution in [0.25, 0.3) is 10.8 Å². The van der Waals surface area contributed by atoms with Crippen molar-refractivity contribution in [1.82, 2.24) is 0 Å². The summed E-state index contributed by atoms with van der Waals surface area (Å²) in [4.78, 5) is 11.9. The van der Waals surface area contributed by atoms with Crippen LogP contribution in [0.15, 0.2) is 35.9 Å². The molecule has 0 fully saturated rings. The quantitative estimate of drug-likeness (QED) is 0.304. The van der Waals surface area contributed by atoms with Crippen LogP contribution in [0.2, 0.25) is 0 Å². The number of benzene rings is 2. The normalized spacial score (nSPS) is 21.4. The summed E-state index contributed by atoms with van der Waals surface area (Å²) >= 11 is 0. The summed E-state index contributed by atoms with van der Waals surface area (Å²) in [6.07, 6.45) is 5.57. The number of allylic oxidation sites excluding steroid dienone is 1. The van der Waals surface area contributed by atoms with Crippen LogP contribution in [0, 0.1) is 12.8 Å². The van der Waals surface area contributed by atoms with E-state index in [0.717, 1.165) is 46.9 Å². The van der Waals surface area contributed by atoms with Crippen LogP contribution in [0.5, 0.6) is 11.5 Å². The van der Waals surface area contributed by atoms with Crippen molar-refractivity contribution in [2.45, 2.75) is 79.2 Å². The molecule has 3 heteroatoms. The van der Waals surface area contributed by atoms with Gasteiger partial charge < -0.3 is 9.47 Å². The molecule has 2 atom stereocenters. The van der Waals surface area contributed by atoms with Gasteiger partial charge in [-0.3, -0.25) is 4.79 Å². The first-order chi connectivity index (χ1) is 13.7. The molecule has 3 rings (SSSR count). The van der Waals surface area contributed by atoms with Crippen LogP contribution >= 0.6 is 0 Å². The first-order valence-electron chi connectivity index (χ1n) is 10.8. The number of hydrogen-bond donors (Lipinski definition) is 0. The number of carbonyl (C=O) groups is 1. The van der Waals surface area contributed by atoms with Crippen molar-refractivity contribution in [2.24, 2.45) is 5.92 Å². The van der Waals surface area contributed by atoms with Gasteiger partial charge in [0.15, 0.2) is 0 Å². The Morgan fingerprint density at radius 3 is 2.48 bits per heavy atom. The Morgan fingerprint density at radius 2 is 1.90 bits per heavy atom. The van der Waals surface area contributed by atoms with Crippen molar-refractivity contribution >= 4 is 16.7 Å². The second-order valence-corrected chi connectivity index (χ2v) is 9.06. The van der Waals surface area contributed by atoms with Gasteiger partial charge in [0.1, 0.15) is 17.6 Å². The molecule has 1 heterocycles. The average molecular weight is 395 g/mol. The number of ether oxygens (including phenoxy) is 2. The summed E-state index contributed by atoms with van der Waals surface area (Å²) in [5, 5.41) is 1.95.